The molecule has 0 aromatic heterocycles. The Morgan fingerprint density at radius 2 is 2.33 bits per heavy atom. The van der Waals surface area contributed by atoms with Gasteiger partial charge in [0, 0.05) is 5.56 Å². The topological polar surface area (TPSA) is 55.1 Å². The Balaban J connectivity index is 2.65. The Hall–Kier alpha value is -1.61. The minimum absolute atomic E-state index is 0.388. The van der Waals surface area contributed by atoms with Crippen LogP contribution < -0.4 is 11.1 Å². The van der Waals surface area contributed by atoms with Crippen LogP contribution in [0.4, 0.5) is 0 Å². The van der Waals surface area contributed by atoms with E-state index in [9.17, 15) is 4.79 Å². The van der Waals surface area contributed by atoms with Gasteiger partial charge in [-0.25, -0.2) is 0 Å². The van der Waals surface area contributed by atoms with E-state index in [4.69, 9.17) is 5.73 Å². The maximum Gasteiger partial charge on any atom is 0.248 e. The van der Waals surface area contributed by atoms with Crippen LogP contribution in [0.3, 0.4) is 0 Å². The summed E-state index contributed by atoms with van der Waals surface area (Å²) in [5.41, 5.74) is 6.74. The van der Waals surface area contributed by atoms with Crippen LogP contribution in [0.15, 0.2) is 30.3 Å². The Labute approximate surface area is 90.0 Å². The number of carbonyl (C=O) groups is 1. The van der Waals surface area contributed by atoms with E-state index < -0.39 is 0 Å². The third-order valence-corrected chi connectivity index (χ3v) is 2.04. The third-order valence-electron chi connectivity index (χ3n) is 2.04. The Morgan fingerprint density at radius 3 is 3.00 bits per heavy atom. The number of carbonyl (C=O) groups excluding carboxylic acids is 1. The molecule has 0 bridgehead atoms. The lowest BCUT2D eigenvalue weighted by molar-refractivity contribution is 0.100. The summed E-state index contributed by atoms with van der Waals surface area (Å²) in [6, 6.07) is 7.28. The van der Waals surface area contributed by atoms with Gasteiger partial charge in [0.2, 0.25) is 5.91 Å². The van der Waals surface area contributed by atoms with Crippen LogP contribution in [-0.2, 0) is 0 Å². The van der Waals surface area contributed by atoms with E-state index in [-0.39, 0.29) is 5.91 Å². The largest absolute Gasteiger partial charge is 0.366 e. The number of benzene rings is 1. The zero-order chi connectivity index (χ0) is 11.1. The van der Waals surface area contributed by atoms with Gasteiger partial charge >= 0.3 is 0 Å². The molecule has 0 aliphatic heterocycles. The molecule has 0 unspecified atom stereocenters. The fourth-order valence-corrected chi connectivity index (χ4v) is 1.24. The predicted molar refractivity (Wildman–Crippen MR) is 62.5 cm³/mol. The number of amides is 1. The van der Waals surface area contributed by atoms with Gasteiger partial charge in [-0.2, -0.15) is 0 Å². The molecule has 3 heteroatoms. The SMILES string of the molecule is CNCCC=Cc1cccc(C(N)=O)c1. The van der Waals surface area contributed by atoms with Crippen molar-refractivity contribution in [3.63, 3.8) is 0 Å². The van der Waals surface area contributed by atoms with E-state index in [0.717, 1.165) is 18.5 Å². The number of primary amides is 1. The summed E-state index contributed by atoms with van der Waals surface area (Å²) in [5.74, 6) is -0.388. The van der Waals surface area contributed by atoms with Gasteiger partial charge in [0.1, 0.15) is 0 Å². The summed E-state index contributed by atoms with van der Waals surface area (Å²) >= 11 is 0. The lowest BCUT2D eigenvalue weighted by Crippen LogP contribution is -2.10. The summed E-state index contributed by atoms with van der Waals surface area (Å²) in [4.78, 5) is 10.9. The predicted octanol–water partition coefficient (Wildman–Crippen LogP) is 1.41. The highest BCUT2D eigenvalue weighted by Gasteiger charge is 1.98. The normalized spacial score (nSPS) is 10.7. The molecule has 1 rings (SSSR count). The van der Waals surface area contributed by atoms with Crippen molar-refractivity contribution < 1.29 is 4.79 Å². The van der Waals surface area contributed by atoms with E-state index in [1.54, 1.807) is 12.1 Å². The van der Waals surface area contributed by atoms with Gasteiger partial charge < -0.3 is 11.1 Å². The van der Waals surface area contributed by atoms with E-state index in [1.165, 1.54) is 0 Å². The van der Waals surface area contributed by atoms with Crippen LogP contribution in [-0.4, -0.2) is 19.5 Å². The van der Waals surface area contributed by atoms with Crippen molar-refractivity contribution in [2.75, 3.05) is 13.6 Å². The second-order valence-electron chi connectivity index (χ2n) is 3.28. The van der Waals surface area contributed by atoms with Crippen molar-refractivity contribution in [2.45, 2.75) is 6.42 Å². The standard InChI is InChI=1S/C12H16N2O/c1-14-8-3-2-5-10-6-4-7-11(9-10)12(13)15/h2,4-7,9,14H,3,8H2,1H3,(H2,13,15). The van der Waals surface area contributed by atoms with Crippen molar-refractivity contribution in [1.29, 1.82) is 0 Å². The number of hydrogen-bond acceptors (Lipinski definition) is 2. The van der Waals surface area contributed by atoms with Crippen LogP contribution in [0.1, 0.15) is 22.3 Å². The highest BCUT2D eigenvalue weighted by atomic mass is 16.1. The lowest BCUT2D eigenvalue weighted by atomic mass is 10.1. The molecule has 0 atom stereocenters. The van der Waals surface area contributed by atoms with E-state index in [2.05, 4.69) is 11.4 Å². The summed E-state index contributed by atoms with van der Waals surface area (Å²) in [6.07, 6.45) is 5.03. The van der Waals surface area contributed by atoms with Gasteiger partial charge in [0.25, 0.3) is 0 Å². The summed E-state index contributed by atoms with van der Waals surface area (Å²) < 4.78 is 0. The zero-order valence-corrected chi connectivity index (χ0v) is 8.86. The maximum absolute atomic E-state index is 10.9. The molecule has 0 radical (unpaired) electrons. The van der Waals surface area contributed by atoms with E-state index in [0.29, 0.717) is 5.56 Å². The number of hydrogen-bond donors (Lipinski definition) is 2. The maximum atomic E-state index is 10.9. The molecular weight excluding hydrogens is 188 g/mol. The minimum Gasteiger partial charge on any atom is -0.366 e. The molecule has 1 amide bonds. The summed E-state index contributed by atoms with van der Waals surface area (Å²) in [7, 11) is 1.92. The first-order valence-electron chi connectivity index (χ1n) is 4.95. The van der Waals surface area contributed by atoms with Crippen molar-refractivity contribution in [3.8, 4) is 0 Å². The molecule has 1 aromatic carbocycles. The minimum atomic E-state index is -0.388. The quantitative estimate of drug-likeness (QED) is 0.712. The fourth-order valence-electron chi connectivity index (χ4n) is 1.24. The van der Waals surface area contributed by atoms with Crippen LogP contribution in [0.2, 0.25) is 0 Å². The summed E-state index contributed by atoms with van der Waals surface area (Å²) in [6.45, 7) is 0.950. The number of nitrogens with one attached hydrogen (secondary N) is 1. The molecule has 0 heterocycles. The van der Waals surface area contributed by atoms with Gasteiger partial charge in [0.05, 0.1) is 0 Å². The van der Waals surface area contributed by atoms with Crippen molar-refractivity contribution in [2.24, 2.45) is 5.73 Å². The second-order valence-corrected chi connectivity index (χ2v) is 3.28. The van der Waals surface area contributed by atoms with Gasteiger partial charge in [-0.15, -0.1) is 0 Å². The first-order valence-corrected chi connectivity index (χ1v) is 4.95. The summed E-state index contributed by atoms with van der Waals surface area (Å²) in [5, 5.41) is 3.06. The van der Waals surface area contributed by atoms with Gasteiger partial charge in [-0.3, -0.25) is 4.79 Å². The van der Waals surface area contributed by atoms with Crippen LogP contribution in [0.25, 0.3) is 6.08 Å². The van der Waals surface area contributed by atoms with Crippen molar-refractivity contribution in [3.05, 3.63) is 41.5 Å². The van der Waals surface area contributed by atoms with Crippen LogP contribution in [0.5, 0.6) is 0 Å². The monoisotopic (exact) mass is 204 g/mol. The Bertz CT molecular complexity index is 358. The molecule has 0 saturated carbocycles. The molecule has 0 spiro atoms. The van der Waals surface area contributed by atoms with Crippen LogP contribution in [0, 0.1) is 0 Å². The Kier molecular flexibility index (Phi) is 4.57. The number of nitrogens with two attached hydrogens (primary N) is 1. The molecule has 15 heavy (non-hydrogen) atoms. The van der Waals surface area contributed by atoms with Crippen LogP contribution >= 0.6 is 0 Å². The lowest BCUT2D eigenvalue weighted by Gasteiger charge is -1.97. The second kappa shape index (κ2) is 5.98. The molecule has 0 aliphatic rings. The van der Waals surface area contributed by atoms with E-state index in [1.807, 2.05) is 25.3 Å². The molecule has 3 N–H and O–H groups in total. The third kappa shape index (κ3) is 3.95. The fraction of sp³-hybridized carbons (Fsp3) is 0.250. The van der Waals surface area contributed by atoms with Gasteiger partial charge in [-0.05, 0) is 37.7 Å². The first-order chi connectivity index (χ1) is 7.24. The first kappa shape index (κ1) is 11.5. The average molecular weight is 204 g/mol. The molecular formula is C12H16N2O. The molecule has 0 aliphatic carbocycles. The molecule has 1 aromatic rings. The molecule has 0 saturated heterocycles. The van der Waals surface area contributed by atoms with Gasteiger partial charge in [-0.1, -0.05) is 24.3 Å². The zero-order valence-electron chi connectivity index (χ0n) is 8.86. The van der Waals surface area contributed by atoms with Gasteiger partial charge in [0.15, 0.2) is 0 Å². The molecule has 3 nitrogen and oxygen atoms in total. The average Bonchev–Trinajstić information content (AvgIpc) is 2.25. The Morgan fingerprint density at radius 1 is 1.53 bits per heavy atom. The number of rotatable bonds is 5. The molecule has 80 valence electrons. The molecule has 0 fully saturated rings. The highest BCUT2D eigenvalue weighted by Crippen LogP contribution is 2.06. The van der Waals surface area contributed by atoms with E-state index >= 15 is 0 Å². The highest BCUT2D eigenvalue weighted by molar-refractivity contribution is 5.93. The van der Waals surface area contributed by atoms with Crippen molar-refractivity contribution in [1.82, 2.24) is 5.32 Å². The van der Waals surface area contributed by atoms with Crippen molar-refractivity contribution >= 4 is 12.0 Å². The smallest absolute Gasteiger partial charge is 0.248 e.